The molecule has 1 aromatic carbocycles. The maximum Gasteiger partial charge on any atom is 0.407 e. The Morgan fingerprint density at radius 1 is 1.18 bits per heavy atom. The largest absolute Gasteiger partial charge is 0.469 e. The van der Waals surface area contributed by atoms with Crippen molar-refractivity contribution in [3.05, 3.63) is 35.9 Å². The lowest BCUT2D eigenvalue weighted by molar-refractivity contribution is -0.141. The number of benzene rings is 1. The molecule has 3 amide bonds. The summed E-state index contributed by atoms with van der Waals surface area (Å²) in [6.07, 6.45) is -2.42. The number of rotatable bonds is 11. The Hall–Kier alpha value is -3.14. The Morgan fingerprint density at radius 2 is 1.86 bits per heavy atom. The van der Waals surface area contributed by atoms with Crippen LogP contribution in [0.15, 0.2) is 30.3 Å². The zero-order chi connectivity index (χ0) is 20.9. The van der Waals surface area contributed by atoms with Gasteiger partial charge in [0.25, 0.3) is 0 Å². The SMILES string of the molecule is COC(=O)CC[C@H](NC(=O)C[C@H](O)CNC(=O)OCc1ccccc1)C(N)=O. The molecule has 2 atom stereocenters. The fourth-order valence-corrected chi connectivity index (χ4v) is 2.16. The Bertz CT molecular complexity index is 666. The Kier molecular flexibility index (Phi) is 10.0. The second-order valence-electron chi connectivity index (χ2n) is 5.94. The first-order valence-electron chi connectivity index (χ1n) is 8.60. The third kappa shape index (κ3) is 9.53. The molecule has 0 radical (unpaired) electrons. The van der Waals surface area contributed by atoms with Gasteiger partial charge < -0.3 is 30.9 Å². The number of carbonyl (C=O) groups is 4. The van der Waals surface area contributed by atoms with Gasteiger partial charge in [0.2, 0.25) is 11.8 Å². The van der Waals surface area contributed by atoms with E-state index >= 15 is 0 Å². The van der Waals surface area contributed by atoms with Crippen LogP contribution in [0.5, 0.6) is 0 Å². The first-order chi connectivity index (χ1) is 13.3. The zero-order valence-corrected chi connectivity index (χ0v) is 15.6. The summed E-state index contributed by atoms with van der Waals surface area (Å²) in [5, 5.41) is 14.5. The molecule has 1 aromatic rings. The molecule has 1 rings (SSSR count). The van der Waals surface area contributed by atoms with Gasteiger partial charge in [-0.2, -0.15) is 0 Å². The molecule has 10 heteroatoms. The quantitative estimate of drug-likeness (QED) is 0.371. The predicted molar refractivity (Wildman–Crippen MR) is 97.6 cm³/mol. The summed E-state index contributed by atoms with van der Waals surface area (Å²) in [5.41, 5.74) is 5.99. The van der Waals surface area contributed by atoms with Crippen molar-refractivity contribution < 1.29 is 33.8 Å². The first kappa shape index (κ1) is 22.9. The number of amides is 3. The van der Waals surface area contributed by atoms with E-state index in [1.807, 2.05) is 18.2 Å². The maximum atomic E-state index is 11.9. The summed E-state index contributed by atoms with van der Waals surface area (Å²) in [7, 11) is 1.20. The van der Waals surface area contributed by atoms with Crippen LogP contribution in [0.2, 0.25) is 0 Å². The van der Waals surface area contributed by atoms with Gasteiger partial charge in [-0.25, -0.2) is 4.79 Å². The standard InChI is InChI=1S/C18H25N3O7/c1-27-16(24)8-7-14(17(19)25)21-15(23)9-13(22)10-20-18(26)28-11-12-5-3-2-4-6-12/h2-6,13-14,22H,7-11H2,1H3,(H2,19,25)(H,20,26)(H,21,23)/t13-,14-/m0/s1. The zero-order valence-electron chi connectivity index (χ0n) is 15.6. The lowest BCUT2D eigenvalue weighted by Gasteiger charge is -2.17. The van der Waals surface area contributed by atoms with Gasteiger partial charge in [0.05, 0.1) is 19.6 Å². The van der Waals surface area contributed by atoms with Crippen LogP contribution in [0.3, 0.4) is 0 Å². The van der Waals surface area contributed by atoms with Gasteiger partial charge in [0, 0.05) is 13.0 Å². The topological polar surface area (TPSA) is 157 Å². The van der Waals surface area contributed by atoms with E-state index in [0.29, 0.717) is 0 Å². The first-order valence-corrected chi connectivity index (χ1v) is 8.60. The minimum absolute atomic E-state index is 0.0199. The highest BCUT2D eigenvalue weighted by Gasteiger charge is 2.21. The van der Waals surface area contributed by atoms with Crippen LogP contribution in [-0.4, -0.2) is 54.8 Å². The van der Waals surface area contributed by atoms with Crippen molar-refractivity contribution in [2.45, 2.75) is 38.0 Å². The van der Waals surface area contributed by atoms with E-state index in [0.717, 1.165) is 5.56 Å². The molecule has 0 saturated heterocycles. The normalized spacial score (nSPS) is 12.4. The Balaban J connectivity index is 2.31. The molecule has 0 aliphatic carbocycles. The number of ether oxygens (including phenoxy) is 2. The number of nitrogens with one attached hydrogen (secondary N) is 2. The molecular weight excluding hydrogens is 370 g/mol. The van der Waals surface area contributed by atoms with Crippen molar-refractivity contribution in [2.24, 2.45) is 5.73 Å². The van der Waals surface area contributed by atoms with Gasteiger partial charge in [-0.1, -0.05) is 30.3 Å². The molecule has 10 nitrogen and oxygen atoms in total. The third-order valence-corrected chi connectivity index (χ3v) is 3.66. The number of aliphatic hydroxyl groups excluding tert-OH is 1. The second kappa shape index (κ2) is 12.3. The van der Waals surface area contributed by atoms with Crippen molar-refractivity contribution in [3.8, 4) is 0 Å². The van der Waals surface area contributed by atoms with Crippen molar-refractivity contribution in [1.29, 1.82) is 0 Å². The summed E-state index contributed by atoms with van der Waals surface area (Å²) < 4.78 is 9.43. The van der Waals surface area contributed by atoms with E-state index in [4.69, 9.17) is 10.5 Å². The van der Waals surface area contributed by atoms with E-state index in [2.05, 4.69) is 15.4 Å². The van der Waals surface area contributed by atoms with Crippen LogP contribution >= 0.6 is 0 Å². The summed E-state index contributed by atoms with van der Waals surface area (Å²) in [4.78, 5) is 46.0. The molecule has 0 unspecified atom stereocenters. The van der Waals surface area contributed by atoms with Crippen molar-refractivity contribution in [1.82, 2.24) is 10.6 Å². The monoisotopic (exact) mass is 395 g/mol. The van der Waals surface area contributed by atoms with Crippen LogP contribution in [0.25, 0.3) is 0 Å². The summed E-state index contributed by atoms with van der Waals surface area (Å²) in [6, 6.07) is 7.97. The summed E-state index contributed by atoms with van der Waals surface area (Å²) in [5.74, 6) is -2.01. The highest BCUT2D eigenvalue weighted by atomic mass is 16.5. The number of hydrogen-bond donors (Lipinski definition) is 4. The molecule has 0 fully saturated rings. The molecule has 0 heterocycles. The molecule has 0 aromatic heterocycles. The fourth-order valence-electron chi connectivity index (χ4n) is 2.16. The number of hydrogen-bond acceptors (Lipinski definition) is 7. The van der Waals surface area contributed by atoms with Gasteiger partial charge in [-0.15, -0.1) is 0 Å². The van der Waals surface area contributed by atoms with Crippen LogP contribution in [-0.2, 0) is 30.5 Å². The molecule has 154 valence electrons. The van der Waals surface area contributed by atoms with Gasteiger partial charge in [0.15, 0.2) is 0 Å². The van der Waals surface area contributed by atoms with E-state index in [9.17, 15) is 24.3 Å². The van der Waals surface area contributed by atoms with E-state index in [-0.39, 0.29) is 32.4 Å². The van der Waals surface area contributed by atoms with E-state index in [1.165, 1.54) is 7.11 Å². The molecule has 28 heavy (non-hydrogen) atoms. The van der Waals surface area contributed by atoms with Gasteiger partial charge in [0.1, 0.15) is 12.6 Å². The van der Waals surface area contributed by atoms with Gasteiger partial charge >= 0.3 is 12.1 Å². The molecule has 0 bridgehead atoms. The van der Waals surface area contributed by atoms with Gasteiger partial charge in [-0.3, -0.25) is 14.4 Å². The van der Waals surface area contributed by atoms with E-state index < -0.39 is 36.0 Å². The van der Waals surface area contributed by atoms with Crippen LogP contribution in [0, 0.1) is 0 Å². The summed E-state index contributed by atoms with van der Waals surface area (Å²) >= 11 is 0. The number of primary amides is 1. The average Bonchev–Trinajstić information content (AvgIpc) is 2.68. The second-order valence-corrected chi connectivity index (χ2v) is 5.94. The van der Waals surface area contributed by atoms with Crippen LogP contribution in [0.4, 0.5) is 4.79 Å². The minimum atomic E-state index is -1.20. The summed E-state index contributed by atoms with van der Waals surface area (Å²) in [6.45, 7) is -0.145. The van der Waals surface area contributed by atoms with Crippen LogP contribution < -0.4 is 16.4 Å². The number of methoxy groups -OCH3 is 1. The Labute approximate surface area is 162 Å². The predicted octanol–water partition coefficient (Wildman–Crippen LogP) is -0.413. The number of aliphatic hydroxyl groups is 1. The maximum absolute atomic E-state index is 11.9. The minimum Gasteiger partial charge on any atom is -0.469 e. The lowest BCUT2D eigenvalue weighted by Crippen LogP contribution is -2.46. The number of alkyl carbamates (subject to hydrolysis) is 1. The average molecular weight is 395 g/mol. The number of esters is 1. The Morgan fingerprint density at radius 3 is 2.46 bits per heavy atom. The highest BCUT2D eigenvalue weighted by Crippen LogP contribution is 2.02. The van der Waals surface area contributed by atoms with Crippen molar-refractivity contribution in [3.63, 3.8) is 0 Å². The third-order valence-electron chi connectivity index (χ3n) is 3.66. The number of carbonyl (C=O) groups excluding carboxylic acids is 4. The molecule has 5 N–H and O–H groups in total. The smallest absolute Gasteiger partial charge is 0.407 e. The van der Waals surface area contributed by atoms with Crippen molar-refractivity contribution in [2.75, 3.05) is 13.7 Å². The van der Waals surface area contributed by atoms with Crippen molar-refractivity contribution >= 4 is 23.9 Å². The molecule has 0 aliphatic rings. The molecule has 0 aliphatic heterocycles. The van der Waals surface area contributed by atoms with E-state index in [1.54, 1.807) is 12.1 Å². The molecule has 0 spiro atoms. The highest BCUT2D eigenvalue weighted by molar-refractivity contribution is 5.87. The van der Waals surface area contributed by atoms with Gasteiger partial charge in [-0.05, 0) is 12.0 Å². The molecular formula is C18H25N3O7. The van der Waals surface area contributed by atoms with Crippen LogP contribution in [0.1, 0.15) is 24.8 Å². The molecule has 0 saturated carbocycles. The fraction of sp³-hybridized carbons (Fsp3) is 0.444. The lowest BCUT2D eigenvalue weighted by atomic mass is 10.1. The number of nitrogens with two attached hydrogens (primary N) is 1.